The van der Waals surface area contributed by atoms with Crippen LogP contribution in [0.2, 0.25) is 0 Å². The topological polar surface area (TPSA) is 108 Å². The van der Waals surface area contributed by atoms with Crippen LogP contribution in [0, 0.1) is 0 Å². The van der Waals surface area contributed by atoms with E-state index in [-0.39, 0.29) is 19.6 Å². The highest BCUT2D eigenvalue weighted by Gasteiger charge is 2.38. The van der Waals surface area contributed by atoms with E-state index in [2.05, 4.69) is 10.6 Å². The zero-order valence-corrected chi connectivity index (χ0v) is 14.3. The maximum atomic E-state index is 12.3. The minimum atomic E-state index is -0.866. The van der Waals surface area contributed by atoms with Crippen molar-refractivity contribution >= 4 is 17.8 Å². The van der Waals surface area contributed by atoms with Crippen LogP contribution in [0.4, 0.5) is 4.79 Å². The molecule has 0 radical (unpaired) electrons. The number of aliphatic hydroxyl groups is 1. The van der Waals surface area contributed by atoms with E-state index in [1.165, 1.54) is 0 Å². The van der Waals surface area contributed by atoms with E-state index in [0.717, 1.165) is 16.2 Å². The fourth-order valence-electron chi connectivity index (χ4n) is 2.52. The number of aliphatic hydroxyl groups excluding tert-OH is 1. The zero-order valence-electron chi connectivity index (χ0n) is 14.3. The number of rotatable bonds is 8. The monoisotopic (exact) mass is 349 g/mol. The summed E-state index contributed by atoms with van der Waals surface area (Å²) in [6, 6.07) is 5.62. The third-order valence-electron chi connectivity index (χ3n) is 3.96. The number of nitrogens with zero attached hydrogens (tertiary/aromatic N) is 1. The standard InChI is InChI=1S/C17H23N3O5/c1-11(10-21)18-15(22)9-14-16(23)20(17(24)19-14)8-7-12-3-5-13(25-2)6-4-12/h3-6,11,14,21H,7-10H2,1-2H3,(H,18,22)(H,19,24)/t11-,14?/m0/s1. The molecule has 1 aromatic carbocycles. The Kier molecular flexibility index (Phi) is 6.35. The molecule has 1 aliphatic rings. The van der Waals surface area contributed by atoms with Crippen LogP contribution in [0.1, 0.15) is 18.9 Å². The minimum Gasteiger partial charge on any atom is -0.497 e. The number of methoxy groups -OCH3 is 1. The highest BCUT2D eigenvalue weighted by atomic mass is 16.5. The van der Waals surface area contributed by atoms with Crippen molar-refractivity contribution in [3.05, 3.63) is 29.8 Å². The molecule has 1 unspecified atom stereocenters. The lowest BCUT2D eigenvalue weighted by Gasteiger charge is -2.14. The number of imide groups is 1. The Labute approximate surface area is 146 Å². The third kappa shape index (κ3) is 4.93. The van der Waals surface area contributed by atoms with E-state index < -0.39 is 29.9 Å². The van der Waals surface area contributed by atoms with Crippen molar-refractivity contribution in [3.63, 3.8) is 0 Å². The average Bonchev–Trinajstić information content (AvgIpc) is 2.86. The van der Waals surface area contributed by atoms with Crippen molar-refractivity contribution in [2.45, 2.75) is 31.8 Å². The summed E-state index contributed by atoms with van der Waals surface area (Å²) in [6.07, 6.45) is 0.373. The predicted molar refractivity (Wildman–Crippen MR) is 90.0 cm³/mol. The maximum Gasteiger partial charge on any atom is 0.324 e. The Morgan fingerprint density at radius 3 is 2.64 bits per heavy atom. The molecule has 8 heteroatoms. The molecule has 1 aromatic rings. The molecule has 1 heterocycles. The molecule has 0 aromatic heterocycles. The van der Waals surface area contributed by atoms with Crippen molar-refractivity contribution in [3.8, 4) is 5.75 Å². The molecule has 0 saturated carbocycles. The molecule has 25 heavy (non-hydrogen) atoms. The van der Waals surface area contributed by atoms with Gasteiger partial charge in [0.05, 0.1) is 20.1 Å². The molecule has 2 atom stereocenters. The molecular formula is C17H23N3O5. The summed E-state index contributed by atoms with van der Waals surface area (Å²) < 4.78 is 5.09. The molecule has 3 N–H and O–H groups in total. The molecule has 1 fully saturated rings. The third-order valence-corrected chi connectivity index (χ3v) is 3.96. The Bertz CT molecular complexity index is 632. The second-order valence-electron chi connectivity index (χ2n) is 5.95. The van der Waals surface area contributed by atoms with E-state index in [1.54, 1.807) is 14.0 Å². The second kappa shape index (κ2) is 8.48. The first-order valence-electron chi connectivity index (χ1n) is 8.09. The maximum absolute atomic E-state index is 12.3. The molecule has 8 nitrogen and oxygen atoms in total. The van der Waals surface area contributed by atoms with Crippen molar-refractivity contribution in [1.29, 1.82) is 0 Å². The van der Waals surface area contributed by atoms with Gasteiger partial charge < -0.3 is 20.5 Å². The van der Waals surface area contributed by atoms with Gasteiger partial charge in [0.15, 0.2) is 0 Å². The highest BCUT2D eigenvalue weighted by Crippen LogP contribution is 2.14. The van der Waals surface area contributed by atoms with E-state index in [1.807, 2.05) is 24.3 Å². The van der Waals surface area contributed by atoms with Crippen LogP contribution in [-0.2, 0) is 16.0 Å². The second-order valence-corrected chi connectivity index (χ2v) is 5.95. The summed E-state index contributed by atoms with van der Waals surface area (Å²) >= 11 is 0. The first-order chi connectivity index (χ1) is 11.9. The SMILES string of the molecule is COc1ccc(CCN2C(=O)NC(CC(=O)N[C@@H](C)CO)C2=O)cc1. The quantitative estimate of drug-likeness (QED) is 0.575. The van der Waals surface area contributed by atoms with E-state index in [4.69, 9.17) is 9.84 Å². The van der Waals surface area contributed by atoms with E-state index in [0.29, 0.717) is 6.42 Å². The van der Waals surface area contributed by atoms with Crippen molar-refractivity contribution in [1.82, 2.24) is 15.5 Å². The van der Waals surface area contributed by atoms with Crippen LogP contribution in [-0.4, -0.2) is 60.2 Å². The molecule has 0 spiro atoms. The van der Waals surface area contributed by atoms with Gasteiger partial charge in [0.2, 0.25) is 5.91 Å². The van der Waals surface area contributed by atoms with Gasteiger partial charge in [-0.2, -0.15) is 0 Å². The highest BCUT2D eigenvalue weighted by molar-refractivity contribution is 6.05. The lowest BCUT2D eigenvalue weighted by molar-refractivity contribution is -0.131. The number of hydrogen-bond acceptors (Lipinski definition) is 5. The Morgan fingerprint density at radius 2 is 2.04 bits per heavy atom. The number of hydrogen-bond donors (Lipinski definition) is 3. The van der Waals surface area contributed by atoms with Gasteiger partial charge in [-0.15, -0.1) is 0 Å². The molecule has 2 rings (SSSR count). The normalized spacial score (nSPS) is 18.0. The summed E-state index contributed by atoms with van der Waals surface area (Å²) in [5.41, 5.74) is 0.972. The smallest absolute Gasteiger partial charge is 0.324 e. The van der Waals surface area contributed by atoms with Crippen molar-refractivity contribution in [2.24, 2.45) is 0 Å². The van der Waals surface area contributed by atoms with Crippen LogP contribution >= 0.6 is 0 Å². The van der Waals surface area contributed by atoms with Crippen LogP contribution < -0.4 is 15.4 Å². The molecule has 1 aliphatic heterocycles. The summed E-state index contributed by atoms with van der Waals surface area (Å²) in [7, 11) is 1.58. The number of amides is 4. The van der Waals surface area contributed by atoms with Gasteiger partial charge in [-0.25, -0.2) is 4.79 Å². The largest absolute Gasteiger partial charge is 0.497 e. The summed E-state index contributed by atoms with van der Waals surface area (Å²) in [5.74, 6) is -0.0653. The van der Waals surface area contributed by atoms with Crippen LogP contribution in [0.15, 0.2) is 24.3 Å². The van der Waals surface area contributed by atoms with Crippen LogP contribution in [0.3, 0.4) is 0 Å². The van der Waals surface area contributed by atoms with Gasteiger partial charge in [-0.1, -0.05) is 12.1 Å². The Hall–Kier alpha value is -2.61. The lowest BCUT2D eigenvalue weighted by Crippen LogP contribution is -2.40. The summed E-state index contributed by atoms with van der Waals surface area (Å²) in [5, 5.41) is 14.0. The lowest BCUT2D eigenvalue weighted by atomic mass is 10.1. The van der Waals surface area contributed by atoms with E-state index in [9.17, 15) is 14.4 Å². The summed E-state index contributed by atoms with van der Waals surface area (Å²) in [4.78, 5) is 37.2. The average molecular weight is 349 g/mol. The molecular weight excluding hydrogens is 326 g/mol. The fourth-order valence-corrected chi connectivity index (χ4v) is 2.52. The van der Waals surface area contributed by atoms with Crippen molar-refractivity contribution in [2.75, 3.05) is 20.3 Å². The van der Waals surface area contributed by atoms with Gasteiger partial charge in [-0.05, 0) is 31.0 Å². The van der Waals surface area contributed by atoms with Gasteiger partial charge in [0.25, 0.3) is 5.91 Å². The number of carbonyl (C=O) groups is 3. The van der Waals surface area contributed by atoms with Gasteiger partial charge in [-0.3, -0.25) is 14.5 Å². The number of urea groups is 1. The molecule has 0 bridgehead atoms. The zero-order chi connectivity index (χ0) is 18.4. The number of ether oxygens (including phenoxy) is 1. The fraction of sp³-hybridized carbons (Fsp3) is 0.471. The van der Waals surface area contributed by atoms with Crippen LogP contribution in [0.25, 0.3) is 0 Å². The molecule has 136 valence electrons. The van der Waals surface area contributed by atoms with E-state index >= 15 is 0 Å². The minimum absolute atomic E-state index is 0.145. The van der Waals surface area contributed by atoms with Gasteiger partial charge in [0.1, 0.15) is 11.8 Å². The Balaban J connectivity index is 1.88. The molecule has 4 amide bonds. The van der Waals surface area contributed by atoms with Gasteiger partial charge >= 0.3 is 6.03 Å². The van der Waals surface area contributed by atoms with Crippen molar-refractivity contribution < 1.29 is 24.2 Å². The Morgan fingerprint density at radius 1 is 1.36 bits per heavy atom. The number of benzene rings is 1. The number of nitrogens with one attached hydrogen (secondary N) is 2. The number of carbonyl (C=O) groups excluding carboxylic acids is 3. The molecule has 1 saturated heterocycles. The first kappa shape index (κ1) is 18.7. The molecule has 0 aliphatic carbocycles. The predicted octanol–water partition coefficient (Wildman–Crippen LogP) is 0.0452. The van der Waals surface area contributed by atoms with Gasteiger partial charge in [0, 0.05) is 12.6 Å². The first-order valence-corrected chi connectivity index (χ1v) is 8.09. The summed E-state index contributed by atoms with van der Waals surface area (Å²) in [6.45, 7) is 1.70. The van der Waals surface area contributed by atoms with Crippen LogP contribution in [0.5, 0.6) is 5.75 Å².